The molecule has 0 saturated carbocycles. The molecule has 1 aromatic rings. The number of Topliss-reactive ketones (excluding diaryl/α,β-unsaturated/α-hetero) is 1. The Labute approximate surface area is 125 Å². The quantitative estimate of drug-likeness (QED) is 0.845. The van der Waals surface area contributed by atoms with Crippen LogP contribution in [0.15, 0.2) is 22.7 Å². The van der Waals surface area contributed by atoms with Crippen LogP contribution in [0.1, 0.15) is 31.1 Å². The normalized spacial score (nSPS) is 11.0. The highest BCUT2D eigenvalue weighted by Gasteiger charge is 2.17. The van der Waals surface area contributed by atoms with Crippen molar-refractivity contribution in [2.75, 3.05) is 6.54 Å². The molecule has 0 atom stereocenters. The molecule has 1 amide bonds. The number of rotatable bonds is 3. The van der Waals surface area contributed by atoms with Crippen LogP contribution in [0.5, 0.6) is 0 Å². The van der Waals surface area contributed by atoms with Crippen LogP contribution in [0.25, 0.3) is 0 Å². The fraction of sp³-hybridized carbons (Fsp3) is 0.385. The first-order chi connectivity index (χ1) is 8.69. The number of carbonyl (C=O) groups is 2. The summed E-state index contributed by atoms with van der Waals surface area (Å²) in [6, 6.07) is 4.83. The van der Waals surface area contributed by atoms with Crippen LogP contribution in [0.3, 0.4) is 0 Å². The number of hydrogen-bond acceptors (Lipinski definition) is 3. The van der Waals surface area contributed by atoms with E-state index in [0.29, 0.717) is 15.1 Å². The second-order valence-corrected chi connectivity index (χ2v) is 6.17. The summed E-state index contributed by atoms with van der Waals surface area (Å²) in [5, 5.41) is 2.94. The third kappa shape index (κ3) is 5.61. The molecule has 0 aliphatic heterocycles. The van der Waals surface area contributed by atoms with Gasteiger partial charge in [0.2, 0.25) is 0 Å². The number of ether oxygens (including phenoxy) is 1. The Hall–Kier alpha value is -1.07. The summed E-state index contributed by atoms with van der Waals surface area (Å²) >= 11 is 9.08. The van der Waals surface area contributed by atoms with Gasteiger partial charge in [-0.05, 0) is 54.9 Å². The molecule has 0 radical (unpaired) electrons. The molecule has 6 heteroatoms. The Morgan fingerprint density at radius 2 is 2.00 bits per heavy atom. The van der Waals surface area contributed by atoms with Crippen LogP contribution in [0.4, 0.5) is 4.79 Å². The number of alkyl carbamates (subject to hydrolysis) is 1. The first kappa shape index (κ1) is 16.0. The first-order valence-corrected chi connectivity index (χ1v) is 6.81. The van der Waals surface area contributed by atoms with Crippen LogP contribution >= 0.6 is 27.5 Å². The predicted molar refractivity (Wildman–Crippen MR) is 77.7 cm³/mol. The van der Waals surface area contributed by atoms with Crippen molar-refractivity contribution < 1.29 is 14.3 Å². The summed E-state index contributed by atoms with van der Waals surface area (Å²) in [7, 11) is 0. The third-order valence-electron chi connectivity index (χ3n) is 2.03. The van der Waals surface area contributed by atoms with Gasteiger partial charge in [0, 0.05) is 10.0 Å². The Kier molecular flexibility index (Phi) is 5.38. The number of ketones is 1. The Morgan fingerprint density at radius 3 is 2.53 bits per heavy atom. The number of hydrogen-bond donors (Lipinski definition) is 1. The summed E-state index contributed by atoms with van der Waals surface area (Å²) in [4.78, 5) is 23.2. The molecular formula is C13H15BrClNO3. The summed E-state index contributed by atoms with van der Waals surface area (Å²) in [6.07, 6.45) is -0.617. The smallest absolute Gasteiger partial charge is 0.408 e. The number of amides is 1. The van der Waals surface area contributed by atoms with Crippen molar-refractivity contribution in [1.82, 2.24) is 5.32 Å². The van der Waals surface area contributed by atoms with Gasteiger partial charge in [-0.15, -0.1) is 0 Å². The van der Waals surface area contributed by atoms with Crippen molar-refractivity contribution in [2.24, 2.45) is 0 Å². The molecule has 0 unspecified atom stereocenters. The minimum atomic E-state index is -0.617. The highest BCUT2D eigenvalue weighted by Crippen LogP contribution is 2.23. The number of nitrogens with one attached hydrogen (secondary N) is 1. The monoisotopic (exact) mass is 347 g/mol. The first-order valence-electron chi connectivity index (χ1n) is 5.64. The molecule has 0 bridgehead atoms. The summed E-state index contributed by atoms with van der Waals surface area (Å²) in [6.45, 7) is 5.14. The Morgan fingerprint density at radius 1 is 1.37 bits per heavy atom. The van der Waals surface area contributed by atoms with Gasteiger partial charge in [0.15, 0.2) is 5.78 Å². The van der Waals surface area contributed by atoms with Gasteiger partial charge in [0.05, 0.1) is 11.6 Å². The van der Waals surface area contributed by atoms with Gasteiger partial charge in [-0.3, -0.25) is 4.79 Å². The molecule has 0 fully saturated rings. The molecule has 104 valence electrons. The number of halogens is 2. The van der Waals surface area contributed by atoms with Gasteiger partial charge >= 0.3 is 6.09 Å². The lowest BCUT2D eigenvalue weighted by Gasteiger charge is -2.19. The molecule has 1 N–H and O–H groups in total. The van der Waals surface area contributed by atoms with Crippen molar-refractivity contribution in [1.29, 1.82) is 0 Å². The predicted octanol–water partition coefficient (Wildman–Crippen LogP) is 3.81. The number of carbonyl (C=O) groups excluding carboxylic acids is 2. The van der Waals surface area contributed by atoms with Crippen molar-refractivity contribution in [3.63, 3.8) is 0 Å². The van der Waals surface area contributed by atoms with Crippen LogP contribution < -0.4 is 5.32 Å². The summed E-state index contributed by atoms with van der Waals surface area (Å²) < 4.78 is 5.67. The molecule has 0 spiro atoms. The van der Waals surface area contributed by atoms with E-state index in [1.807, 2.05) is 0 Å². The fourth-order valence-electron chi connectivity index (χ4n) is 1.24. The summed E-state index contributed by atoms with van der Waals surface area (Å²) in [5.41, 5.74) is -0.122. The molecule has 0 aliphatic rings. The maximum absolute atomic E-state index is 11.8. The maximum Gasteiger partial charge on any atom is 0.408 e. The zero-order chi connectivity index (χ0) is 14.6. The lowest BCUT2D eigenvalue weighted by atomic mass is 10.1. The highest BCUT2D eigenvalue weighted by molar-refractivity contribution is 9.10. The fourth-order valence-corrected chi connectivity index (χ4v) is 1.73. The van der Waals surface area contributed by atoms with Gasteiger partial charge in [-0.2, -0.15) is 0 Å². The van der Waals surface area contributed by atoms with Crippen LogP contribution in [-0.2, 0) is 4.74 Å². The average Bonchev–Trinajstić information content (AvgIpc) is 2.27. The van der Waals surface area contributed by atoms with E-state index in [1.165, 1.54) is 0 Å². The molecule has 1 rings (SSSR count). The van der Waals surface area contributed by atoms with E-state index in [-0.39, 0.29) is 12.3 Å². The molecule has 0 saturated heterocycles. The van der Waals surface area contributed by atoms with E-state index in [4.69, 9.17) is 16.3 Å². The standard InChI is InChI=1S/C13H15BrClNO3/c1-13(2,3)19-12(18)16-7-11(17)8-4-5-10(15)9(14)6-8/h4-6H,7H2,1-3H3,(H,16,18). The largest absolute Gasteiger partial charge is 0.444 e. The number of benzene rings is 1. The van der Waals surface area contributed by atoms with Crippen molar-refractivity contribution >= 4 is 39.4 Å². The van der Waals surface area contributed by atoms with Gasteiger partial charge in [0.1, 0.15) is 5.60 Å². The lowest BCUT2D eigenvalue weighted by Crippen LogP contribution is -2.35. The van der Waals surface area contributed by atoms with E-state index in [1.54, 1.807) is 39.0 Å². The van der Waals surface area contributed by atoms with E-state index >= 15 is 0 Å². The molecule has 1 aromatic carbocycles. The van der Waals surface area contributed by atoms with Crippen molar-refractivity contribution in [3.8, 4) is 0 Å². The highest BCUT2D eigenvalue weighted by atomic mass is 79.9. The van der Waals surface area contributed by atoms with Gasteiger partial charge in [-0.1, -0.05) is 11.6 Å². The van der Waals surface area contributed by atoms with E-state index in [9.17, 15) is 9.59 Å². The van der Waals surface area contributed by atoms with E-state index < -0.39 is 11.7 Å². The van der Waals surface area contributed by atoms with Crippen molar-refractivity contribution in [2.45, 2.75) is 26.4 Å². The molecule has 0 aliphatic carbocycles. The third-order valence-corrected chi connectivity index (χ3v) is 3.25. The molecule has 4 nitrogen and oxygen atoms in total. The van der Waals surface area contributed by atoms with Crippen LogP contribution in [0, 0.1) is 0 Å². The van der Waals surface area contributed by atoms with Gasteiger partial charge in [0.25, 0.3) is 0 Å². The molecule has 0 heterocycles. The minimum Gasteiger partial charge on any atom is -0.444 e. The second kappa shape index (κ2) is 6.39. The van der Waals surface area contributed by atoms with Crippen molar-refractivity contribution in [3.05, 3.63) is 33.3 Å². The SMILES string of the molecule is CC(C)(C)OC(=O)NCC(=O)c1ccc(Cl)c(Br)c1. The maximum atomic E-state index is 11.8. The Bertz CT molecular complexity index is 497. The second-order valence-electron chi connectivity index (χ2n) is 4.91. The molecule has 19 heavy (non-hydrogen) atoms. The van der Waals surface area contributed by atoms with Gasteiger partial charge < -0.3 is 10.1 Å². The summed E-state index contributed by atoms with van der Waals surface area (Å²) in [5.74, 6) is -0.219. The Balaban J connectivity index is 2.56. The van der Waals surface area contributed by atoms with Gasteiger partial charge in [-0.25, -0.2) is 4.79 Å². The zero-order valence-corrected chi connectivity index (χ0v) is 13.3. The van der Waals surface area contributed by atoms with E-state index in [2.05, 4.69) is 21.2 Å². The molecule has 0 aromatic heterocycles. The topological polar surface area (TPSA) is 55.4 Å². The average molecular weight is 349 g/mol. The van der Waals surface area contributed by atoms with Crippen LogP contribution in [-0.4, -0.2) is 24.0 Å². The van der Waals surface area contributed by atoms with E-state index in [0.717, 1.165) is 0 Å². The zero-order valence-electron chi connectivity index (χ0n) is 10.9. The lowest BCUT2D eigenvalue weighted by molar-refractivity contribution is 0.0520. The molecular weight excluding hydrogens is 334 g/mol. The minimum absolute atomic E-state index is 0.122. The van der Waals surface area contributed by atoms with Crippen LogP contribution in [0.2, 0.25) is 5.02 Å².